The molecule has 0 radical (unpaired) electrons. The Morgan fingerprint density at radius 3 is 2.13 bits per heavy atom. The van der Waals surface area contributed by atoms with Crippen LogP contribution in [0.1, 0.15) is 63.8 Å². The first-order valence-corrected chi connectivity index (χ1v) is 19.9. The Morgan fingerprint density at radius 1 is 0.769 bits per heavy atom. The number of Topliss-reactive ketones (excluding diaryl/α,β-unsaturated/α-hetero) is 1. The van der Waals surface area contributed by atoms with Crippen molar-refractivity contribution in [1.29, 1.82) is 0 Å². The van der Waals surface area contributed by atoms with Crippen LogP contribution < -0.4 is 4.74 Å². The molecule has 0 bridgehead atoms. The first kappa shape index (κ1) is 37.6. The van der Waals surface area contributed by atoms with Crippen molar-refractivity contribution in [2.24, 2.45) is 0 Å². The van der Waals surface area contributed by atoms with Gasteiger partial charge in [0.2, 0.25) is 11.9 Å². The fourth-order valence-electron chi connectivity index (χ4n) is 7.20. The van der Waals surface area contributed by atoms with Gasteiger partial charge in [0.25, 0.3) is 0 Å². The van der Waals surface area contributed by atoms with Crippen molar-refractivity contribution in [2.45, 2.75) is 76.0 Å². The van der Waals surface area contributed by atoms with Gasteiger partial charge in [0.15, 0.2) is 0 Å². The molecule has 0 heterocycles. The normalized spacial score (nSPS) is 16.6. The third-order valence-electron chi connectivity index (χ3n) is 9.83. The molecule has 52 heavy (non-hydrogen) atoms. The van der Waals surface area contributed by atoms with Crippen molar-refractivity contribution < 1.29 is 47.8 Å². The summed E-state index contributed by atoms with van der Waals surface area (Å²) in [5.41, 5.74) is 6.83. The van der Waals surface area contributed by atoms with E-state index in [2.05, 4.69) is 48.2 Å². The number of hydrogen-bond acceptors (Lipinski definition) is 5. The van der Waals surface area contributed by atoms with E-state index in [1.807, 2.05) is 60.7 Å². The standard InChI is InChI=1S/C44H42FO5.CH2.W/c1-31(46)27-32-15-17-33(18-16-32)30-47-50-44(38-13-3-2-4-14-38,39-21-23-40(45)24-22-39)43(48-41-25-19-34-9-5-7-11-36(34)28-41)49-42-26-20-35-10-6-8-12-37(35)29-42;;/h2-5,7,9,11,13-18,20-24,26,29,41,43H,1,6,8,10,12,19,25,27-28,30H2;1H2;/q-1;;/t41?,43?,44-;;/m1../s1. The van der Waals surface area contributed by atoms with Crippen molar-refractivity contribution in [3.8, 4) is 5.75 Å². The summed E-state index contributed by atoms with van der Waals surface area (Å²) in [5, 5.41) is 0. The Labute approximate surface area is 317 Å². The number of hydrogen-bond donors (Lipinski definition) is 0. The predicted molar refractivity (Wildman–Crippen MR) is 198 cm³/mol. The van der Waals surface area contributed by atoms with E-state index in [0.29, 0.717) is 11.3 Å². The second-order valence-electron chi connectivity index (χ2n) is 13.3. The molecule has 0 fully saturated rings. The zero-order valence-electron chi connectivity index (χ0n) is 29.3. The average Bonchev–Trinajstić information content (AvgIpc) is 3.18. The van der Waals surface area contributed by atoms with Crippen molar-refractivity contribution in [3.05, 3.63) is 179 Å². The van der Waals surface area contributed by atoms with E-state index in [9.17, 15) is 9.18 Å². The van der Waals surface area contributed by atoms with Crippen LogP contribution in [-0.4, -0.2) is 23.1 Å². The molecule has 2 aliphatic rings. The van der Waals surface area contributed by atoms with E-state index in [1.54, 1.807) is 12.1 Å². The zero-order valence-corrected chi connectivity index (χ0v) is 32.2. The summed E-state index contributed by atoms with van der Waals surface area (Å²) >= 11 is 1.33. The van der Waals surface area contributed by atoms with Crippen LogP contribution in [0.5, 0.6) is 5.75 Å². The van der Waals surface area contributed by atoms with E-state index in [-0.39, 0.29) is 30.7 Å². The average molecular weight is 868 g/mol. The van der Waals surface area contributed by atoms with Crippen LogP contribution >= 0.6 is 0 Å². The number of carbonyl (C=O) groups excluding carboxylic acids is 1. The molecule has 0 saturated carbocycles. The molecule has 0 amide bonds. The quantitative estimate of drug-likeness (QED) is 0.0513. The van der Waals surface area contributed by atoms with Crippen LogP contribution in [0.4, 0.5) is 4.39 Å². The van der Waals surface area contributed by atoms with Crippen LogP contribution in [0.15, 0.2) is 121 Å². The van der Waals surface area contributed by atoms with Gasteiger partial charge in [-0.2, -0.15) is 0 Å². The molecule has 2 aliphatic carbocycles. The predicted octanol–water partition coefficient (Wildman–Crippen LogP) is 8.99. The number of aryl methyl sites for hydroxylation is 3. The molecule has 0 saturated heterocycles. The van der Waals surface area contributed by atoms with Crippen molar-refractivity contribution in [1.82, 2.24) is 0 Å². The third-order valence-corrected chi connectivity index (χ3v) is 9.83. The van der Waals surface area contributed by atoms with Crippen LogP contribution in [0, 0.1) is 12.7 Å². The molecule has 0 spiro atoms. The Kier molecular flexibility index (Phi) is 13.0. The minimum absolute atomic E-state index is 0.108. The molecule has 7 heteroatoms. The fraction of sp³-hybridized carbons (Fsp3) is 0.267. The molecule has 2 unspecified atom stereocenters. The maximum atomic E-state index is 14.5. The second kappa shape index (κ2) is 18.0. The van der Waals surface area contributed by atoms with Gasteiger partial charge in [0, 0.05) is 12.2 Å². The molecular formula is C45H44FO5W-. The molecule has 7 rings (SSSR count). The number of carbonyl (C=O) groups is 1. The van der Waals surface area contributed by atoms with Crippen molar-refractivity contribution in [2.75, 3.05) is 0 Å². The van der Waals surface area contributed by atoms with Gasteiger partial charge in [0.05, 0.1) is 6.10 Å². The van der Waals surface area contributed by atoms with Crippen LogP contribution in [-0.2, 0) is 83.0 Å². The summed E-state index contributed by atoms with van der Waals surface area (Å²) < 4.78 is 28.6. The molecule has 0 N–H and O–H groups in total. The number of ketones is 1. The Bertz CT molecular complexity index is 1910. The third kappa shape index (κ3) is 9.05. The molecule has 5 nitrogen and oxygen atoms in total. The van der Waals surface area contributed by atoms with Gasteiger partial charge in [-0.15, -0.1) is 0 Å². The van der Waals surface area contributed by atoms with Gasteiger partial charge in [-0.1, -0.05) is 97.1 Å². The first-order chi connectivity index (χ1) is 25.5. The van der Waals surface area contributed by atoms with E-state index in [4.69, 9.17) is 19.2 Å². The van der Waals surface area contributed by atoms with Gasteiger partial charge >= 0.3 is 24.3 Å². The molecule has 268 valence electrons. The van der Waals surface area contributed by atoms with Gasteiger partial charge in [-0.3, -0.25) is 0 Å². The summed E-state index contributed by atoms with van der Waals surface area (Å²) in [5.74, 6) is 0.165. The topological polar surface area (TPSA) is 54.0 Å². The van der Waals surface area contributed by atoms with Crippen LogP contribution in [0.25, 0.3) is 0 Å². The van der Waals surface area contributed by atoms with E-state index < -0.39 is 11.9 Å². The summed E-state index contributed by atoms with van der Waals surface area (Å²) in [6.07, 6.45) is 5.86. The van der Waals surface area contributed by atoms with E-state index in [0.717, 1.165) is 55.2 Å². The summed E-state index contributed by atoms with van der Waals surface area (Å²) in [6.45, 7) is 3.59. The van der Waals surface area contributed by atoms with Gasteiger partial charge < -0.3 is 21.2 Å². The molecule has 3 atom stereocenters. The number of rotatable bonds is 13. The number of benzene rings is 5. The number of fused-ring (bicyclic) bond motifs is 2. The maximum absolute atomic E-state index is 14.5. The van der Waals surface area contributed by atoms with Gasteiger partial charge in [-0.25, -0.2) is 14.2 Å². The van der Waals surface area contributed by atoms with E-state index in [1.165, 1.54) is 60.2 Å². The molecule has 0 aromatic heterocycles. The Hall–Kier alpha value is -4.19. The zero-order chi connectivity index (χ0) is 36.3. The monoisotopic (exact) mass is 867 g/mol. The summed E-state index contributed by atoms with van der Waals surface area (Å²) in [7, 11) is 0. The van der Waals surface area contributed by atoms with Crippen molar-refractivity contribution >= 4 is 10.7 Å². The van der Waals surface area contributed by atoms with Gasteiger partial charge in [0.1, 0.15) is 18.2 Å². The molecular weight excluding hydrogens is 823 g/mol. The van der Waals surface area contributed by atoms with Gasteiger partial charge in [-0.05, 0) is 114 Å². The van der Waals surface area contributed by atoms with E-state index >= 15 is 0 Å². The first-order valence-electron chi connectivity index (χ1n) is 17.8. The molecule has 5 aromatic rings. The number of halogens is 1. The second-order valence-corrected chi connectivity index (χ2v) is 13.3. The Balaban J connectivity index is 0.00000228. The molecule has 0 aliphatic heterocycles. The van der Waals surface area contributed by atoms with Crippen LogP contribution in [0.3, 0.4) is 0 Å². The van der Waals surface area contributed by atoms with Crippen LogP contribution in [0.2, 0.25) is 0 Å². The SMILES string of the molecule is [CH2-]C(=O)Cc1ccc(COO[C@](c2ccccc2)(c2ccc(F)cc2)C(Oc2ccc3c(c2)CCCC3)OC2CCc3ccccc3C2)cc1.[CH2]=[W]. The summed E-state index contributed by atoms with van der Waals surface area (Å²) in [6, 6.07) is 38.3. The minimum atomic E-state index is -1.47. The van der Waals surface area contributed by atoms with Crippen molar-refractivity contribution in [3.63, 3.8) is 0 Å². The number of ether oxygens (including phenoxy) is 2. The Morgan fingerprint density at radius 2 is 1.40 bits per heavy atom. The fourth-order valence-corrected chi connectivity index (χ4v) is 7.20. The molecule has 5 aromatic carbocycles. The summed E-state index contributed by atoms with van der Waals surface area (Å²) in [4.78, 5) is 27.7.